The van der Waals surface area contributed by atoms with Gasteiger partial charge >= 0.3 is 0 Å². The van der Waals surface area contributed by atoms with Crippen molar-refractivity contribution < 1.29 is 4.42 Å². The lowest BCUT2D eigenvalue weighted by atomic mass is 9.88. The molecule has 0 unspecified atom stereocenters. The zero-order valence-corrected chi connectivity index (χ0v) is 10.0. The minimum Gasteiger partial charge on any atom is -0.461 e. The molecule has 0 aromatic carbocycles. The van der Waals surface area contributed by atoms with Gasteiger partial charge in [-0.1, -0.05) is 34.6 Å². The fourth-order valence-corrected chi connectivity index (χ4v) is 1.32. The van der Waals surface area contributed by atoms with Crippen molar-refractivity contribution in [2.45, 2.75) is 40.0 Å². The molecule has 15 heavy (non-hydrogen) atoms. The van der Waals surface area contributed by atoms with E-state index in [-0.39, 0.29) is 5.41 Å². The van der Waals surface area contributed by atoms with Crippen molar-refractivity contribution in [2.24, 2.45) is 0 Å². The van der Waals surface area contributed by atoms with Crippen molar-refractivity contribution in [1.29, 1.82) is 0 Å². The summed E-state index contributed by atoms with van der Waals surface area (Å²) in [6.07, 6.45) is 5.00. The lowest BCUT2D eigenvalue weighted by Gasteiger charge is -2.15. The molecule has 0 N–H and O–H groups in total. The Morgan fingerprint density at radius 3 is 2.47 bits per heavy atom. The minimum atomic E-state index is 0.0691. The molecule has 0 bridgehead atoms. The maximum absolute atomic E-state index is 5.35. The van der Waals surface area contributed by atoms with Crippen LogP contribution in [0.1, 0.15) is 40.2 Å². The third-order valence-electron chi connectivity index (χ3n) is 2.05. The SMILES string of the molecule is CC.CC(C)(C)c1coc2cncnc12. The summed E-state index contributed by atoms with van der Waals surface area (Å²) in [6.45, 7) is 10.4. The molecular formula is C12H18N2O. The number of furan rings is 1. The van der Waals surface area contributed by atoms with E-state index in [1.54, 1.807) is 18.8 Å². The van der Waals surface area contributed by atoms with Gasteiger partial charge in [0.15, 0.2) is 5.58 Å². The van der Waals surface area contributed by atoms with Crippen LogP contribution in [0.2, 0.25) is 0 Å². The van der Waals surface area contributed by atoms with Gasteiger partial charge in [-0.3, -0.25) is 0 Å². The zero-order chi connectivity index (χ0) is 11.5. The van der Waals surface area contributed by atoms with Crippen LogP contribution in [-0.4, -0.2) is 9.97 Å². The summed E-state index contributed by atoms with van der Waals surface area (Å²) >= 11 is 0. The molecule has 3 nitrogen and oxygen atoms in total. The first-order valence-corrected chi connectivity index (χ1v) is 5.27. The monoisotopic (exact) mass is 206 g/mol. The van der Waals surface area contributed by atoms with Crippen LogP contribution >= 0.6 is 0 Å². The zero-order valence-electron chi connectivity index (χ0n) is 10.0. The maximum Gasteiger partial charge on any atom is 0.170 e. The summed E-state index contributed by atoms with van der Waals surface area (Å²) in [5, 5.41) is 0. The molecular weight excluding hydrogens is 188 g/mol. The number of hydrogen-bond donors (Lipinski definition) is 0. The normalized spacial score (nSPS) is 11.0. The van der Waals surface area contributed by atoms with Crippen molar-refractivity contribution >= 4 is 11.1 Å². The number of nitrogens with zero attached hydrogens (tertiary/aromatic N) is 2. The van der Waals surface area contributed by atoms with Gasteiger partial charge in [-0.15, -0.1) is 0 Å². The van der Waals surface area contributed by atoms with E-state index < -0.39 is 0 Å². The molecule has 0 saturated heterocycles. The highest BCUT2D eigenvalue weighted by molar-refractivity contribution is 5.76. The number of hydrogen-bond acceptors (Lipinski definition) is 3. The Morgan fingerprint density at radius 2 is 1.87 bits per heavy atom. The van der Waals surface area contributed by atoms with E-state index in [4.69, 9.17) is 4.42 Å². The Balaban J connectivity index is 0.000000531. The van der Waals surface area contributed by atoms with E-state index in [2.05, 4.69) is 30.7 Å². The van der Waals surface area contributed by atoms with Gasteiger partial charge in [0.2, 0.25) is 0 Å². The third kappa shape index (κ3) is 2.35. The fraction of sp³-hybridized carbons (Fsp3) is 0.500. The van der Waals surface area contributed by atoms with Gasteiger partial charge in [0.1, 0.15) is 11.8 Å². The average molecular weight is 206 g/mol. The summed E-state index contributed by atoms with van der Waals surface area (Å²) in [4.78, 5) is 8.11. The van der Waals surface area contributed by atoms with E-state index in [0.717, 1.165) is 16.7 Å². The maximum atomic E-state index is 5.35. The second-order valence-electron chi connectivity index (χ2n) is 4.13. The number of fused-ring (bicyclic) bond motifs is 1. The van der Waals surface area contributed by atoms with Crippen LogP contribution in [0.3, 0.4) is 0 Å². The number of rotatable bonds is 0. The van der Waals surface area contributed by atoms with E-state index in [1.807, 2.05) is 13.8 Å². The third-order valence-corrected chi connectivity index (χ3v) is 2.05. The predicted octanol–water partition coefficient (Wildman–Crippen LogP) is 3.55. The van der Waals surface area contributed by atoms with E-state index in [0.29, 0.717) is 0 Å². The van der Waals surface area contributed by atoms with Crippen LogP contribution < -0.4 is 0 Å². The van der Waals surface area contributed by atoms with Crippen molar-refractivity contribution in [3.63, 3.8) is 0 Å². The molecule has 0 spiro atoms. The molecule has 3 heteroatoms. The molecule has 0 aliphatic carbocycles. The van der Waals surface area contributed by atoms with Crippen LogP contribution in [0.4, 0.5) is 0 Å². The molecule has 0 atom stereocenters. The van der Waals surface area contributed by atoms with E-state index in [9.17, 15) is 0 Å². The van der Waals surface area contributed by atoms with Crippen molar-refractivity contribution in [2.75, 3.05) is 0 Å². The summed E-state index contributed by atoms with van der Waals surface area (Å²) in [5.41, 5.74) is 2.87. The van der Waals surface area contributed by atoms with Crippen LogP contribution in [0.15, 0.2) is 23.2 Å². The van der Waals surface area contributed by atoms with Gasteiger partial charge in [0, 0.05) is 5.56 Å². The second kappa shape index (κ2) is 4.43. The van der Waals surface area contributed by atoms with Crippen LogP contribution in [0, 0.1) is 0 Å². The lowest BCUT2D eigenvalue weighted by molar-refractivity contribution is 0.557. The molecule has 2 heterocycles. The Morgan fingerprint density at radius 1 is 1.20 bits per heavy atom. The molecule has 2 aromatic heterocycles. The van der Waals surface area contributed by atoms with Crippen molar-refractivity contribution in [3.05, 3.63) is 24.4 Å². The summed E-state index contributed by atoms with van der Waals surface area (Å²) in [5.74, 6) is 0. The average Bonchev–Trinajstić information content (AvgIpc) is 2.63. The second-order valence-corrected chi connectivity index (χ2v) is 4.13. The van der Waals surface area contributed by atoms with Crippen LogP contribution in [0.25, 0.3) is 11.1 Å². The molecule has 2 rings (SSSR count). The summed E-state index contributed by atoms with van der Waals surface area (Å²) in [7, 11) is 0. The Labute approximate surface area is 90.5 Å². The first kappa shape index (κ1) is 11.7. The lowest BCUT2D eigenvalue weighted by Crippen LogP contribution is -2.10. The molecule has 0 aliphatic rings. The fourth-order valence-electron chi connectivity index (χ4n) is 1.32. The van der Waals surface area contributed by atoms with Gasteiger partial charge in [0.25, 0.3) is 0 Å². The van der Waals surface area contributed by atoms with E-state index in [1.165, 1.54) is 0 Å². The van der Waals surface area contributed by atoms with Gasteiger partial charge < -0.3 is 4.42 Å². The highest BCUT2D eigenvalue weighted by Crippen LogP contribution is 2.29. The van der Waals surface area contributed by atoms with Gasteiger partial charge in [0.05, 0.1) is 12.5 Å². The van der Waals surface area contributed by atoms with Gasteiger partial charge in [-0.05, 0) is 5.41 Å². The Kier molecular flexibility index (Phi) is 3.45. The standard InChI is InChI=1S/C10H12N2O.C2H6/c1-10(2,3)7-5-13-8-4-11-6-12-9(7)8;1-2/h4-6H,1-3H3;1-2H3. The Hall–Kier alpha value is -1.38. The molecule has 0 amide bonds. The van der Waals surface area contributed by atoms with Crippen molar-refractivity contribution in [3.8, 4) is 0 Å². The van der Waals surface area contributed by atoms with Gasteiger partial charge in [-0.2, -0.15) is 0 Å². The highest BCUT2D eigenvalue weighted by Gasteiger charge is 2.20. The Bertz CT molecular complexity index is 426. The first-order valence-electron chi connectivity index (χ1n) is 5.27. The molecule has 0 aliphatic heterocycles. The number of aromatic nitrogens is 2. The largest absolute Gasteiger partial charge is 0.461 e. The van der Waals surface area contributed by atoms with Crippen molar-refractivity contribution in [1.82, 2.24) is 9.97 Å². The summed E-state index contributed by atoms with van der Waals surface area (Å²) in [6, 6.07) is 0. The van der Waals surface area contributed by atoms with E-state index >= 15 is 0 Å². The smallest absolute Gasteiger partial charge is 0.170 e. The van der Waals surface area contributed by atoms with Gasteiger partial charge in [-0.25, -0.2) is 9.97 Å². The molecule has 0 radical (unpaired) electrons. The molecule has 0 fully saturated rings. The molecule has 0 saturated carbocycles. The topological polar surface area (TPSA) is 38.9 Å². The highest BCUT2D eigenvalue weighted by atomic mass is 16.3. The predicted molar refractivity (Wildman–Crippen MR) is 61.9 cm³/mol. The minimum absolute atomic E-state index is 0.0691. The van der Waals surface area contributed by atoms with Crippen LogP contribution in [0.5, 0.6) is 0 Å². The quantitative estimate of drug-likeness (QED) is 0.661. The van der Waals surface area contributed by atoms with Crippen LogP contribution in [-0.2, 0) is 5.41 Å². The first-order chi connectivity index (χ1) is 7.09. The molecule has 2 aromatic rings. The summed E-state index contributed by atoms with van der Waals surface area (Å²) < 4.78 is 5.35. The molecule has 82 valence electrons.